The van der Waals surface area contributed by atoms with Crippen molar-refractivity contribution in [3.8, 4) is 17.3 Å². The van der Waals surface area contributed by atoms with Gasteiger partial charge in [0.15, 0.2) is 0 Å². The maximum Gasteiger partial charge on any atom is 0.256 e. The lowest BCUT2D eigenvalue weighted by molar-refractivity contribution is 0.0557. The Morgan fingerprint density at radius 3 is 2.80 bits per heavy atom. The SMILES string of the molecule is CC[C@@H]1CC[C@@H](C)N(C(=O)c2ccc(OC)nc2-c2ccccn2)C1. The number of hydrogen-bond donors (Lipinski definition) is 0. The van der Waals surface area contributed by atoms with Crippen LogP contribution in [0.1, 0.15) is 43.5 Å². The standard InChI is InChI=1S/C20H25N3O2/c1-4-15-9-8-14(2)23(13-15)20(24)16-10-11-18(25-3)22-19(16)17-7-5-6-12-21-17/h5-7,10-12,14-15H,4,8-9,13H2,1-3H3/t14-,15-/m1/s1. The highest BCUT2D eigenvalue weighted by molar-refractivity contribution is 5.99. The van der Waals surface area contributed by atoms with Crippen LogP contribution < -0.4 is 4.74 Å². The van der Waals surface area contributed by atoms with Crippen molar-refractivity contribution in [2.75, 3.05) is 13.7 Å². The first-order chi connectivity index (χ1) is 12.1. The Morgan fingerprint density at radius 1 is 1.28 bits per heavy atom. The van der Waals surface area contributed by atoms with Crippen LogP contribution in [0.25, 0.3) is 11.4 Å². The van der Waals surface area contributed by atoms with Gasteiger partial charge in [0.25, 0.3) is 5.91 Å². The Balaban J connectivity index is 1.99. The number of nitrogens with zero attached hydrogens (tertiary/aromatic N) is 3. The molecule has 0 unspecified atom stereocenters. The molecule has 3 rings (SSSR count). The van der Waals surface area contributed by atoms with Crippen LogP contribution in [0, 0.1) is 5.92 Å². The number of aromatic nitrogens is 2. The minimum atomic E-state index is 0.0291. The van der Waals surface area contributed by atoms with Crippen LogP contribution in [0.4, 0.5) is 0 Å². The zero-order chi connectivity index (χ0) is 17.8. The van der Waals surface area contributed by atoms with Gasteiger partial charge in [-0.3, -0.25) is 9.78 Å². The molecule has 0 saturated carbocycles. The summed E-state index contributed by atoms with van der Waals surface area (Å²) in [6.07, 6.45) is 5.05. The number of carbonyl (C=O) groups excluding carboxylic acids is 1. The third-order valence-electron chi connectivity index (χ3n) is 5.03. The van der Waals surface area contributed by atoms with Gasteiger partial charge in [0, 0.05) is 24.8 Å². The van der Waals surface area contributed by atoms with E-state index in [2.05, 4.69) is 23.8 Å². The molecule has 2 atom stereocenters. The minimum Gasteiger partial charge on any atom is -0.481 e. The van der Waals surface area contributed by atoms with Crippen molar-refractivity contribution in [3.63, 3.8) is 0 Å². The first-order valence-electron chi connectivity index (χ1n) is 8.91. The predicted octanol–water partition coefficient (Wildman–Crippen LogP) is 3.80. The molecule has 3 heterocycles. The molecule has 2 aromatic rings. The largest absolute Gasteiger partial charge is 0.481 e. The number of piperidine rings is 1. The Kier molecular flexibility index (Phi) is 5.31. The summed E-state index contributed by atoms with van der Waals surface area (Å²) in [5.74, 6) is 1.08. The first kappa shape index (κ1) is 17.4. The summed E-state index contributed by atoms with van der Waals surface area (Å²) in [5.41, 5.74) is 1.85. The van der Waals surface area contributed by atoms with E-state index in [0.717, 1.165) is 19.4 Å². The van der Waals surface area contributed by atoms with E-state index in [1.807, 2.05) is 23.1 Å². The lowest BCUT2D eigenvalue weighted by Crippen LogP contribution is -2.45. The van der Waals surface area contributed by atoms with E-state index in [1.165, 1.54) is 6.42 Å². The van der Waals surface area contributed by atoms with Crippen molar-refractivity contribution in [2.45, 2.75) is 39.2 Å². The molecule has 2 aromatic heterocycles. The average molecular weight is 339 g/mol. The molecule has 132 valence electrons. The van der Waals surface area contributed by atoms with Crippen LogP contribution in [0.15, 0.2) is 36.5 Å². The first-order valence-corrected chi connectivity index (χ1v) is 8.91. The highest BCUT2D eigenvalue weighted by Crippen LogP contribution is 2.29. The molecule has 1 aliphatic rings. The van der Waals surface area contributed by atoms with Gasteiger partial charge in [0.2, 0.25) is 5.88 Å². The lowest BCUT2D eigenvalue weighted by Gasteiger charge is -2.38. The fraction of sp³-hybridized carbons (Fsp3) is 0.450. The molecule has 1 fully saturated rings. The monoisotopic (exact) mass is 339 g/mol. The second-order valence-electron chi connectivity index (χ2n) is 6.62. The molecule has 1 saturated heterocycles. The number of carbonyl (C=O) groups is 1. The second-order valence-corrected chi connectivity index (χ2v) is 6.62. The summed E-state index contributed by atoms with van der Waals surface area (Å²) in [6.45, 7) is 5.13. The maximum atomic E-state index is 13.3. The van der Waals surface area contributed by atoms with Crippen molar-refractivity contribution in [3.05, 3.63) is 42.1 Å². The molecule has 1 amide bonds. The van der Waals surface area contributed by atoms with E-state index in [1.54, 1.807) is 25.4 Å². The molecule has 0 bridgehead atoms. The summed E-state index contributed by atoms with van der Waals surface area (Å²) < 4.78 is 5.25. The molecule has 5 nitrogen and oxygen atoms in total. The van der Waals surface area contributed by atoms with Crippen LogP contribution in [0.3, 0.4) is 0 Å². The van der Waals surface area contributed by atoms with Crippen LogP contribution in [-0.2, 0) is 0 Å². The van der Waals surface area contributed by atoms with Crippen molar-refractivity contribution in [1.29, 1.82) is 0 Å². The van der Waals surface area contributed by atoms with E-state index >= 15 is 0 Å². The third kappa shape index (κ3) is 3.65. The van der Waals surface area contributed by atoms with E-state index in [4.69, 9.17) is 4.74 Å². The summed E-state index contributed by atoms with van der Waals surface area (Å²) in [5, 5.41) is 0. The molecule has 0 aliphatic carbocycles. The molecule has 0 aromatic carbocycles. The molecule has 1 aliphatic heterocycles. The average Bonchev–Trinajstić information content (AvgIpc) is 2.68. The van der Waals surface area contributed by atoms with E-state index in [9.17, 15) is 4.79 Å². The van der Waals surface area contributed by atoms with Gasteiger partial charge >= 0.3 is 0 Å². The Morgan fingerprint density at radius 2 is 2.12 bits per heavy atom. The zero-order valence-corrected chi connectivity index (χ0v) is 15.1. The van der Waals surface area contributed by atoms with Crippen molar-refractivity contribution in [1.82, 2.24) is 14.9 Å². The highest BCUT2D eigenvalue weighted by atomic mass is 16.5. The van der Waals surface area contributed by atoms with Crippen molar-refractivity contribution < 1.29 is 9.53 Å². The number of hydrogen-bond acceptors (Lipinski definition) is 4. The minimum absolute atomic E-state index is 0.0291. The molecule has 0 N–H and O–H groups in total. The van der Waals surface area contributed by atoms with Gasteiger partial charge in [0.1, 0.15) is 5.69 Å². The fourth-order valence-corrected chi connectivity index (χ4v) is 3.38. The number of pyridine rings is 2. The summed E-state index contributed by atoms with van der Waals surface area (Å²) in [4.78, 5) is 24.2. The van der Waals surface area contributed by atoms with E-state index < -0.39 is 0 Å². The van der Waals surface area contributed by atoms with Gasteiger partial charge in [-0.05, 0) is 43.9 Å². The topological polar surface area (TPSA) is 55.3 Å². The molecule has 0 spiro atoms. The van der Waals surface area contributed by atoms with E-state index in [-0.39, 0.29) is 11.9 Å². The van der Waals surface area contributed by atoms with Gasteiger partial charge < -0.3 is 9.64 Å². The summed E-state index contributed by atoms with van der Waals surface area (Å²) in [7, 11) is 1.57. The van der Waals surface area contributed by atoms with Crippen LogP contribution in [0.2, 0.25) is 0 Å². The molecule has 0 radical (unpaired) electrons. The van der Waals surface area contributed by atoms with Gasteiger partial charge in [0.05, 0.1) is 18.4 Å². The summed E-state index contributed by atoms with van der Waals surface area (Å²) >= 11 is 0. The third-order valence-corrected chi connectivity index (χ3v) is 5.03. The smallest absolute Gasteiger partial charge is 0.256 e. The quantitative estimate of drug-likeness (QED) is 0.850. The molecule has 5 heteroatoms. The normalized spacial score (nSPS) is 20.4. The highest BCUT2D eigenvalue weighted by Gasteiger charge is 2.30. The Bertz CT molecular complexity index is 733. The number of amides is 1. The van der Waals surface area contributed by atoms with E-state index in [0.29, 0.717) is 28.7 Å². The van der Waals surface area contributed by atoms with Crippen LogP contribution in [-0.4, -0.2) is 40.5 Å². The molecule has 25 heavy (non-hydrogen) atoms. The van der Waals surface area contributed by atoms with Crippen LogP contribution in [0.5, 0.6) is 5.88 Å². The fourth-order valence-electron chi connectivity index (χ4n) is 3.38. The van der Waals surface area contributed by atoms with Gasteiger partial charge in [-0.1, -0.05) is 19.4 Å². The number of likely N-dealkylation sites (tertiary alicyclic amines) is 1. The van der Waals surface area contributed by atoms with Crippen LogP contribution >= 0.6 is 0 Å². The molecular formula is C20H25N3O2. The number of methoxy groups -OCH3 is 1. The van der Waals surface area contributed by atoms with Gasteiger partial charge in [-0.2, -0.15) is 0 Å². The number of ether oxygens (including phenoxy) is 1. The zero-order valence-electron chi connectivity index (χ0n) is 15.1. The maximum absolute atomic E-state index is 13.3. The van der Waals surface area contributed by atoms with Crippen molar-refractivity contribution in [2.24, 2.45) is 5.92 Å². The van der Waals surface area contributed by atoms with Gasteiger partial charge in [-0.15, -0.1) is 0 Å². The lowest BCUT2D eigenvalue weighted by atomic mass is 9.91. The Hall–Kier alpha value is -2.43. The van der Waals surface area contributed by atoms with Crippen molar-refractivity contribution >= 4 is 5.91 Å². The number of rotatable bonds is 4. The van der Waals surface area contributed by atoms with Gasteiger partial charge in [-0.25, -0.2) is 4.98 Å². The predicted molar refractivity (Wildman–Crippen MR) is 97.5 cm³/mol. The molecular weight excluding hydrogens is 314 g/mol. The second kappa shape index (κ2) is 7.64. The Labute approximate surface area is 149 Å². The summed E-state index contributed by atoms with van der Waals surface area (Å²) in [6, 6.07) is 9.41.